The number of hydrogen-bond acceptors (Lipinski definition) is 3. The van der Waals surface area contributed by atoms with Crippen LogP contribution in [0.4, 0.5) is 0 Å². The van der Waals surface area contributed by atoms with Crippen LogP contribution in [0.2, 0.25) is 0 Å². The van der Waals surface area contributed by atoms with Crippen molar-refractivity contribution in [2.75, 3.05) is 26.7 Å². The van der Waals surface area contributed by atoms with E-state index in [-0.39, 0.29) is 6.04 Å². The molecule has 2 heterocycles. The highest BCUT2D eigenvalue weighted by molar-refractivity contribution is 5.82. The van der Waals surface area contributed by atoms with Gasteiger partial charge in [0.1, 0.15) is 0 Å². The number of benzene rings is 1. The van der Waals surface area contributed by atoms with Gasteiger partial charge in [-0.3, -0.25) is 9.69 Å². The van der Waals surface area contributed by atoms with Crippen molar-refractivity contribution >= 4 is 5.91 Å². The molecule has 4 heteroatoms. The summed E-state index contributed by atoms with van der Waals surface area (Å²) in [5.74, 6) is 0.375. The van der Waals surface area contributed by atoms with Gasteiger partial charge in [-0.2, -0.15) is 0 Å². The van der Waals surface area contributed by atoms with Gasteiger partial charge < -0.3 is 10.2 Å². The largest absolute Gasteiger partial charge is 0.334 e. The molecular weight excluding hydrogens is 334 g/mol. The molecule has 1 aliphatic carbocycles. The quantitative estimate of drug-likeness (QED) is 0.884. The third-order valence-electron chi connectivity index (χ3n) is 7.21. The molecule has 1 aromatic carbocycles. The van der Waals surface area contributed by atoms with E-state index in [2.05, 4.69) is 53.4 Å². The SMILES string of the molecule is Cc1ccc(CN(C(=O)[C@@H]2CC3(CCNCC3)CN2C)C2CCCC2)cc1. The maximum absolute atomic E-state index is 13.7. The predicted octanol–water partition coefficient (Wildman–Crippen LogP) is 3.34. The van der Waals surface area contributed by atoms with E-state index >= 15 is 0 Å². The first kappa shape index (κ1) is 18.9. The van der Waals surface area contributed by atoms with Crippen molar-refractivity contribution in [3.63, 3.8) is 0 Å². The standard InChI is InChI=1S/C23H35N3O/c1-18-7-9-19(10-8-18)16-26(20-5-3-4-6-20)22(27)21-15-23(17-25(21)2)11-13-24-14-12-23/h7-10,20-21,24H,3-6,11-17H2,1-2H3/t21-/m0/s1. The molecule has 2 saturated heterocycles. The molecule has 1 spiro atoms. The van der Waals surface area contributed by atoms with Crippen LogP contribution in [0, 0.1) is 12.3 Å². The Labute approximate surface area is 164 Å². The van der Waals surface area contributed by atoms with Crippen LogP contribution in [-0.4, -0.2) is 54.5 Å². The van der Waals surface area contributed by atoms with E-state index in [4.69, 9.17) is 0 Å². The molecule has 1 aromatic rings. The van der Waals surface area contributed by atoms with Gasteiger partial charge in [0.15, 0.2) is 0 Å². The second kappa shape index (κ2) is 7.92. The Hall–Kier alpha value is -1.39. The Bertz CT molecular complexity index is 644. The molecule has 0 aromatic heterocycles. The highest BCUT2D eigenvalue weighted by Gasteiger charge is 2.47. The zero-order valence-electron chi connectivity index (χ0n) is 17.0. The van der Waals surface area contributed by atoms with Crippen LogP contribution in [-0.2, 0) is 11.3 Å². The fourth-order valence-corrected chi connectivity index (χ4v) is 5.55. The molecule has 4 rings (SSSR count). The lowest BCUT2D eigenvalue weighted by Crippen LogP contribution is -2.47. The molecule has 1 saturated carbocycles. The average Bonchev–Trinajstić information content (AvgIpc) is 3.30. The number of likely N-dealkylation sites (tertiary alicyclic amines) is 1. The van der Waals surface area contributed by atoms with E-state index in [1.54, 1.807) is 0 Å². The molecule has 3 aliphatic rings. The van der Waals surface area contributed by atoms with Crippen LogP contribution in [0.25, 0.3) is 0 Å². The van der Waals surface area contributed by atoms with Crippen LogP contribution in [0.1, 0.15) is 56.1 Å². The summed E-state index contributed by atoms with van der Waals surface area (Å²) < 4.78 is 0. The van der Waals surface area contributed by atoms with E-state index in [9.17, 15) is 4.79 Å². The van der Waals surface area contributed by atoms with E-state index < -0.39 is 0 Å². The van der Waals surface area contributed by atoms with Crippen LogP contribution >= 0.6 is 0 Å². The lowest BCUT2D eigenvalue weighted by molar-refractivity contribution is -0.138. The fraction of sp³-hybridized carbons (Fsp3) is 0.696. The van der Waals surface area contributed by atoms with E-state index in [0.717, 1.165) is 32.6 Å². The van der Waals surface area contributed by atoms with Gasteiger partial charge >= 0.3 is 0 Å². The number of carbonyl (C=O) groups is 1. The molecule has 4 nitrogen and oxygen atoms in total. The maximum atomic E-state index is 13.7. The first-order valence-corrected chi connectivity index (χ1v) is 10.8. The van der Waals surface area contributed by atoms with Crippen molar-refractivity contribution in [2.24, 2.45) is 5.41 Å². The summed E-state index contributed by atoms with van der Waals surface area (Å²) in [6, 6.07) is 9.21. The molecule has 1 atom stereocenters. The molecule has 27 heavy (non-hydrogen) atoms. The molecule has 0 bridgehead atoms. The summed E-state index contributed by atoms with van der Waals surface area (Å²) in [6.07, 6.45) is 8.33. The number of rotatable bonds is 4. The summed E-state index contributed by atoms with van der Waals surface area (Å²) in [7, 11) is 2.16. The number of nitrogens with zero attached hydrogens (tertiary/aromatic N) is 2. The smallest absolute Gasteiger partial charge is 0.240 e. The van der Waals surface area contributed by atoms with E-state index in [1.807, 2.05) is 0 Å². The molecule has 0 unspecified atom stereocenters. The number of amides is 1. The second-order valence-electron chi connectivity index (χ2n) is 9.28. The Morgan fingerprint density at radius 3 is 2.52 bits per heavy atom. The Morgan fingerprint density at radius 1 is 1.19 bits per heavy atom. The van der Waals surface area contributed by atoms with Crippen molar-refractivity contribution in [3.8, 4) is 0 Å². The third-order valence-corrected chi connectivity index (χ3v) is 7.21. The summed E-state index contributed by atoms with van der Waals surface area (Å²) in [5.41, 5.74) is 2.89. The molecule has 2 aliphatic heterocycles. The van der Waals surface area contributed by atoms with Crippen LogP contribution in [0.5, 0.6) is 0 Å². The van der Waals surface area contributed by atoms with Crippen molar-refractivity contribution in [1.82, 2.24) is 15.1 Å². The fourth-order valence-electron chi connectivity index (χ4n) is 5.55. The van der Waals surface area contributed by atoms with E-state index in [0.29, 0.717) is 17.4 Å². The zero-order chi connectivity index (χ0) is 18.9. The highest BCUT2D eigenvalue weighted by Crippen LogP contribution is 2.42. The molecule has 3 fully saturated rings. The minimum atomic E-state index is 0.0640. The van der Waals surface area contributed by atoms with Gasteiger partial charge in [-0.15, -0.1) is 0 Å². The zero-order valence-corrected chi connectivity index (χ0v) is 17.0. The minimum Gasteiger partial charge on any atom is -0.334 e. The van der Waals surface area contributed by atoms with Gasteiger partial charge in [0.2, 0.25) is 5.91 Å². The van der Waals surface area contributed by atoms with Crippen LogP contribution < -0.4 is 5.32 Å². The van der Waals surface area contributed by atoms with Gasteiger partial charge in [-0.1, -0.05) is 42.7 Å². The van der Waals surface area contributed by atoms with Gasteiger partial charge in [0, 0.05) is 19.1 Å². The predicted molar refractivity (Wildman–Crippen MR) is 110 cm³/mol. The molecule has 1 amide bonds. The Morgan fingerprint density at radius 2 is 1.85 bits per heavy atom. The summed E-state index contributed by atoms with van der Waals surface area (Å²) in [4.78, 5) is 18.3. The van der Waals surface area contributed by atoms with Crippen molar-refractivity contribution < 1.29 is 4.79 Å². The van der Waals surface area contributed by atoms with Gasteiger partial charge in [0.05, 0.1) is 6.04 Å². The first-order valence-electron chi connectivity index (χ1n) is 10.8. The maximum Gasteiger partial charge on any atom is 0.240 e. The number of piperidine rings is 1. The van der Waals surface area contributed by atoms with Crippen LogP contribution in [0.15, 0.2) is 24.3 Å². The average molecular weight is 370 g/mol. The summed E-state index contributed by atoms with van der Waals surface area (Å²) in [5, 5.41) is 3.49. The van der Waals surface area contributed by atoms with Gasteiger partial charge in [-0.05, 0) is 70.1 Å². The van der Waals surface area contributed by atoms with Crippen molar-refractivity contribution in [1.29, 1.82) is 0 Å². The lowest BCUT2D eigenvalue weighted by Gasteiger charge is -2.34. The number of likely N-dealkylation sites (N-methyl/N-ethyl adjacent to an activating group) is 1. The highest BCUT2D eigenvalue weighted by atomic mass is 16.2. The lowest BCUT2D eigenvalue weighted by atomic mass is 9.77. The van der Waals surface area contributed by atoms with Crippen molar-refractivity contribution in [3.05, 3.63) is 35.4 Å². The molecule has 1 N–H and O–H groups in total. The van der Waals surface area contributed by atoms with Gasteiger partial charge in [0.25, 0.3) is 0 Å². The monoisotopic (exact) mass is 369 g/mol. The number of hydrogen-bond donors (Lipinski definition) is 1. The normalized spacial score (nSPS) is 25.9. The number of nitrogens with one attached hydrogen (secondary N) is 1. The van der Waals surface area contributed by atoms with E-state index in [1.165, 1.54) is 49.7 Å². The van der Waals surface area contributed by atoms with Gasteiger partial charge in [-0.25, -0.2) is 0 Å². The summed E-state index contributed by atoms with van der Waals surface area (Å²) in [6.45, 7) is 6.17. The van der Waals surface area contributed by atoms with Crippen LogP contribution in [0.3, 0.4) is 0 Å². The van der Waals surface area contributed by atoms with Crippen molar-refractivity contribution in [2.45, 2.75) is 70.5 Å². The molecular formula is C23H35N3O. The Balaban J connectivity index is 1.52. The molecule has 148 valence electrons. The summed E-state index contributed by atoms with van der Waals surface area (Å²) >= 11 is 0. The topological polar surface area (TPSA) is 35.6 Å². The molecule has 0 radical (unpaired) electrons. The number of aryl methyl sites for hydroxylation is 1. The third kappa shape index (κ3) is 4.07. The Kier molecular flexibility index (Phi) is 5.56. The minimum absolute atomic E-state index is 0.0640. The first-order chi connectivity index (χ1) is 13.1. The number of carbonyl (C=O) groups excluding carboxylic acids is 1. The second-order valence-corrected chi connectivity index (χ2v) is 9.28.